The molecule has 8 nitrogen and oxygen atoms in total. The number of anilines is 2. The fourth-order valence-electron chi connectivity index (χ4n) is 3.08. The number of sulfonamides is 2. The number of nitrogens with zero attached hydrogens (tertiary/aromatic N) is 1. The van der Waals surface area contributed by atoms with E-state index >= 15 is 0 Å². The van der Waals surface area contributed by atoms with Gasteiger partial charge in [-0.15, -0.1) is 11.3 Å². The van der Waals surface area contributed by atoms with Crippen LogP contribution in [0.25, 0.3) is 5.57 Å². The standard InChI is InChI=1S/C18H19ClFN3O5S3/c1-11(16-5-6-17(19)29-16)10-31(27,28)22-14-7-8-23(18(14)24)15-4-3-12(9-13(15)20)21-30(2,25)26/h3-6,9-10,14,21-22H,7-8H2,1-2H3/t14-/m0/s1. The van der Waals surface area contributed by atoms with Crippen LogP contribution < -0.4 is 14.3 Å². The van der Waals surface area contributed by atoms with Crippen molar-refractivity contribution in [2.75, 3.05) is 22.4 Å². The van der Waals surface area contributed by atoms with Crippen molar-refractivity contribution >= 4 is 65.8 Å². The number of carbonyl (C=O) groups is 1. The van der Waals surface area contributed by atoms with E-state index in [1.54, 1.807) is 19.1 Å². The molecule has 0 aliphatic carbocycles. The normalized spacial score (nSPS) is 17.9. The van der Waals surface area contributed by atoms with Crippen LogP contribution in [0.5, 0.6) is 0 Å². The number of amides is 1. The van der Waals surface area contributed by atoms with Crippen molar-refractivity contribution in [1.29, 1.82) is 0 Å². The summed E-state index contributed by atoms with van der Waals surface area (Å²) < 4.78 is 67.0. The largest absolute Gasteiger partial charge is 0.308 e. The summed E-state index contributed by atoms with van der Waals surface area (Å²) in [6.07, 6.45) is 1.08. The first kappa shape index (κ1) is 23.7. The molecular formula is C18H19ClFN3O5S3. The van der Waals surface area contributed by atoms with Crippen LogP contribution in [0.2, 0.25) is 4.34 Å². The first-order chi connectivity index (χ1) is 14.3. The molecule has 0 spiro atoms. The Labute approximate surface area is 188 Å². The third-order valence-electron chi connectivity index (χ3n) is 4.35. The molecule has 1 amide bonds. The topological polar surface area (TPSA) is 113 Å². The highest BCUT2D eigenvalue weighted by Crippen LogP contribution is 2.29. The minimum Gasteiger partial charge on any atom is -0.308 e. The first-order valence-corrected chi connectivity index (χ1v) is 13.5. The predicted octanol–water partition coefficient (Wildman–Crippen LogP) is 3.00. The van der Waals surface area contributed by atoms with Gasteiger partial charge in [0.1, 0.15) is 11.9 Å². The molecule has 1 saturated heterocycles. The minimum atomic E-state index is -3.95. The second kappa shape index (κ2) is 8.87. The molecule has 0 bridgehead atoms. The third kappa shape index (κ3) is 6.04. The molecule has 2 heterocycles. The van der Waals surface area contributed by atoms with Gasteiger partial charge in [-0.2, -0.15) is 4.72 Å². The highest BCUT2D eigenvalue weighted by atomic mass is 35.5. The zero-order valence-corrected chi connectivity index (χ0v) is 19.6. The molecule has 1 aromatic carbocycles. The monoisotopic (exact) mass is 507 g/mol. The third-order valence-corrected chi connectivity index (χ3v) is 7.60. The van der Waals surface area contributed by atoms with E-state index in [0.717, 1.165) is 22.6 Å². The predicted molar refractivity (Wildman–Crippen MR) is 121 cm³/mol. The van der Waals surface area contributed by atoms with Gasteiger partial charge in [-0.05, 0) is 43.2 Å². The Morgan fingerprint density at radius 2 is 1.97 bits per heavy atom. The number of halogens is 2. The van der Waals surface area contributed by atoms with Crippen LogP contribution in [0, 0.1) is 5.82 Å². The number of carbonyl (C=O) groups excluding carboxylic acids is 1. The molecule has 1 aliphatic heterocycles. The van der Waals surface area contributed by atoms with Crippen LogP contribution in [0.15, 0.2) is 35.7 Å². The maximum absolute atomic E-state index is 14.5. The van der Waals surface area contributed by atoms with Crippen molar-refractivity contribution in [2.24, 2.45) is 0 Å². The lowest BCUT2D eigenvalue weighted by molar-refractivity contribution is -0.118. The molecule has 1 aromatic heterocycles. The van der Waals surface area contributed by atoms with Gasteiger partial charge in [0.25, 0.3) is 0 Å². The Balaban J connectivity index is 1.74. The number of thiophene rings is 1. The fraction of sp³-hybridized carbons (Fsp3) is 0.278. The van der Waals surface area contributed by atoms with Crippen LogP contribution in [-0.2, 0) is 24.8 Å². The molecule has 2 aromatic rings. The maximum atomic E-state index is 14.5. The van der Waals surface area contributed by atoms with Crippen LogP contribution in [-0.4, -0.2) is 41.6 Å². The van der Waals surface area contributed by atoms with Crippen LogP contribution in [0.1, 0.15) is 18.2 Å². The van der Waals surface area contributed by atoms with E-state index in [0.29, 0.717) is 14.8 Å². The fourth-order valence-corrected chi connectivity index (χ4v) is 6.00. The van der Waals surface area contributed by atoms with Gasteiger partial charge in [0.15, 0.2) is 0 Å². The zero-order valence-electron chi connectivity index (χ0n) is 16.4. The van der Waals surface area contributed by atoms with Gasteiger partial charge in [-0.25, -0.2) is 21.2 Å². The summed E-state index contributed by atoms with van der Waals surface area (Å²) >= 11 is 7.10. The molecule has 1 fully saturated rings. The van der Waals surface area contributed by atoms with Gasteiger partial charge in [-0.3, -0.25) is 9.52 Å². The molecule has 3 rings (SSSR count). The van der Waals surface area contributed by atoms with E-state index in [2.05, 4.69) is 9.44 Å². The van der Waals surface area contributed by atoms with Crippen molar-refractivity contribution in [1.82, 2.24) is 4.72 Å². The lowest BCUT2D eigenvalue weighted by atomic mass is 10.2. The number of hydrogen-bond donors (Lipinski definition) is 2. The van der Waals surface area contributed by atoms with Gasteiger partial charge in [0, 0.05) is 17.5 Å². The lowest BCUT2D eigenvalue weighted by Gasteiger charge is -2.18. The number of allylic oxidation sites excluding steroid dienone is 1. The SMILES string of the molecule is CC(=CS(=O)(=O)N[C@H]1CCN(c2ccc(NS(C)(=O)=O)cc2F)C1=O)c1ccc(Cl)s1. The van der Waals surface area contributed by atoms with E-state index in [4.69, 9.17) is 11.6 Å². The van der Waals surface area contributed by atoms with Crippen LogP contribution in [0.3, 0.4) is 0 Å². The van der Waals surface area contributed by atoms with E-state index < -0.39 is 37.8 Å². The summed E-state index contributed by atoms with van der Waals surface area (Å²) in [6.45, 7) is 1.72. The van der Waals surface area contributed by atoms with Gasteiger partial charge < -0.3 is 4.90 Å². The van der Waals surface area contributed by atoms with Crippen LogP contribution >= 0.6 is 22.9 Å². The zero-order chi connectivity index (χ0) is 23.0. The summed E-state index contributed by atoms with van der Waals surface area (Å²) in [4.78, 5) is 14.5. The Hall–Kier alpha value is -1.99. The van der Waals surface area contributed by atoms with E-state index in [9.17, 15) is 26.0 Å². The summed E-state index contributed by atoms with van der Waals surface area (Å²) in [6, 6.07) is 5.85. The Kier molecular flexibility index (Phi) is 6.77. The molecule has 0 saturated carbocycles. The first-order valence-electron chi connectivity index (χ1n) is 8.90. The Morgan fingerprint density at radius 1 is 1.26 bits per heavy atom. The second-order valence-corrected chi connectivity index (χ2v) is 12.0. The second-order valence-electron chi connectivity index (χ2n) is 6.94. The molecule has 0 radical (unpaired) electrons. The lowest BCUT2D eigenvalue weighted by Crippen LogP contribution is -2.41. The molecule has 168 valence electrons. The van der Waals surface area contributed by atoms with Gasteiger partial charge in [-0.1, -0.05) is 11.6 Å². The maximum Gasteiger partial charge on any atom is 0.245 e. The van der Waals surface area contributed by atoms with Gasteiger partial charge in [0.05, 0.1) is 27.4 Å². The molecule has 1 atom stereocenters. The number of hydrogen-bond acceptors (Lipinski definition) is 6. The average molecular weight is 508 g/mol. The quantitative estimate of drug-likeness (QED) is 0.598. The summed E-state index contributed by atoms with van der Waals surface area (Å²) in [5.41, 5.74) is 0.416. The van der Waals surface area contributed by atoms with Crippen molar-refractivity contribution in [3.05, 3.63) is 50.8 Å². The molecule has 0 unspecified atom stereocenters. The minimum absolute atomic E-state index is 0.0157. The molecule has 1 aliphatic rings. The van der Waals surface area contributed by atoms with Crippen molar-refractivity contribution in [3.8, 4) is 0 Å². The summed E-state index contributed by atoms with van der Waals surface area (Å²) in [5, 5.41) is 1.03. The van der Waals surface area contributed by atoms with E-state index in [1.165, 1.54) is 23.5 Å². The highest BCUT2D eigenvalue weighted by molar-refractivity contribution is 7.92. The van der Waals surface area contributed by atoms with Crippen molar-refractivity contribution < 1.29 is 26.0 Å². The molecule has 2 N–H and O–H groups in total. The molecular weight excluding hydrogens is 489 g/mol. The molecule has 31 heavy (non-hydrogen) atoms. The summed E-state index contributed by atoms with van der Waals surface area (Å²) in [5.74, 6) is -1.41. The van der Waals surface area contributed by atoms with E-state index in [-0.39, 0.29) is 24.3 Å². The summed E-state index contributed by atoms with van der Waals surface area (Å²) in [7, 11) is -7.53. The number of rotatable bonds is 7. The smallest absolute Gasteiger partial charge is 0.245 e. The van der Waals surface area contributed by atoms with Crippen molar-refractivity contribution in [3.63, 3.8) is 0 Å². The van der Waals surface area contributed by atoms with Gasteiger partial charge in [0.2, 0.25) is 26.0 Å². The van der Waals surface area contributed by atoms with Gasteiger partial charge >= 0.3 is 0 Å². The highest BCUT2D eigenvalue weighted by Gasteiger charge is 2.36. The van der Waals surface area contributed by atoms with Crippen LogP contribution in [0.4, 0.5) is 15.8 Å². The average Bonchev–Trinajstić information content (AvgIpc) is 3.20. The Morgan fingerprint density at radius 3 is 2.55 bits per heavy atom. The number of benzene rings is 1. The molecule has 13 heteroatoms. The Bertz CT molecular complexity index is 1260. The number of nitrogens with one attached hydrogen (secondary N) is 2. The van der Waals surface area contributed by atoms with E-state index in [1.807, 2.05) is 0 Å². The van der Waals surface area contributed by atoms with Crippen molar-refractivity contribution in [2.45, 2.75) is 19.4 Å².